The van der Waals surface area contributed by atoms with Gasteiger partial charge in [-0.05, 0) is 36.8 Å². The number of para-hydroxylation sites is 2. The van der Waals surface area contributed by atoms with Gasteiger partial charge in [-0.1, -0.05) is 23.7 Å². The SMILES string of the molecule is Cc1c(C#N)c2nc3ccccc3n2c(=O)/c1=C/NNc1cc(Cl)ccc1[N+](=O)[O-]. The van der Waals surface area contributed by atoms with Crippen LogP contribution in [-0.4, -0.2) is 14.3 Å². The van der Waals surface area contributed by atoms with Gasteiger partial charge in [-0.3, -0.25) is 24.7 Å². The topological polar surface area (TPSA) is 125 Å². The minimum absolute atomic E-state index is 0.128. The Kier molecular flexibility index (Phi) is 4.69. The Labute approximate surface area is 173 Å². The largest absolute Gasteiger partial charge is 0.307 e. The van der Waals surface area contributed by atoms with Crippen LogP contribution < -0.4 is 21.6 Å². The van der Waals surface area contributed by atoms with E-state index in [1.54, 1.807) is 31.2 Å². The number of rotatable bonds is 4. The third kappa shape index (κ3) is 3.05. The van der Waals surface area contributed by atoms with E-state index in [0.29, 0.717) is 21.6 Å². The number of imidazole rings is 1. The Morgan fingerprint density at radius 2 is 2.07 bits per heavy atom. The number of anilines is 1. The second-order valence-corrected chi connectivity index (χ2v) is 6.86. The number of nitro benzene ring substituents is 1. The number of pyridine rings is 1. The first-order valence-electron chi connectivity index (χ1n) is 8.72. The molecule has 0 saturated heterocycles. The molecule has 0 fully saturated rings. The summed E-state index contributed by atoms with van der Waals surface area (Å²) in [5, 5.41) is 21.4. The summed E-state index contributed by atoms with van der Waals surface area (Å²) in [4.78, 5) is 28.2. The summed E-state index contributed by atoms with van der Waals surface area (Å²) in [7, 11) is 0. The van der Waals surface area contributed by atoms with Gasteiger partial charge in [0.25, 0.3) is 11.2 Å². The minimum atomic E-state index is -0.553. The summed E-state index contributed by atoms with van der Waals surface area (Å²) < 4.78 is 1.39. The Hall–Kier alpha value is -4.16. The Balaban J connectivity index is 1.86. The third-order valence-electron chi connectivity index (χ3n) is 4.69. The molecule has 4 aromatic rings. The van der Waals surface area contributed by atoms with Crippen LogP contribution in [0.5, 0.6) is 0 Å². The van der Waals surface area contributed by atoms with E-state index in [1.165, 1.54) is 28.8 Å². The summed E-state index contributed by atoms with van der Waals surface area (Å²) in [5.74, 6) is 0. The van der Waals surface area contributed by atoms with Crippen molar-refractivity contribution in [1.29, 1.82) is 5.26 Å². The van der Waals surface area contributed by atoms with Gasteiger partial charge in [-0.2, -0.15) is 5.26 Å². The fourth-order valence-electron chi connectivity index (χ4n) is 3.24. The summed E-state index contributed by atoms with van der Waals surface area (Å²) >= 11 is 5.92. The van der Waals surface area contributed by atoms with Crippen molar-refractivity contribution in [3.05, 3.63) is 84.3 Å². The molecule has 0 bridgehead atoms. The quantitative estimate of drug-likeness (QED) is 0.384. The lowest BCUT2D eigenvalue weighted by molar-refractivity contribution is -0.384. The number of hydrogen-bond acceptors (Lipinski definition) is 7. The van der Waals surface area contributed by atoms with Crippen molar-refractivity contribution in [3.8, 4) is 6.07 Å². The number of nitrogens with one attached hydrogen (secondary N) is 2. The van der Waals surface area contributed by atoms with Crippen molar-refractivity contribution < 1.29 is 4.92 Å². The fourth-order valence-corrected chi connectivity index (χ4v) is 3.41. The van der Waals surface area contributed by atoms with E-state index < -0.39 is 4.92 Å². The maximum Gasteiger partial charge on any atom is 0.294 e. The monoisotopic (exact) mass is 420 g/mol. The molecule has 2 heterocycles. The lowest BCUT2D eigenvalue weighted by atomic mass is 10.1. The van der Waals surface area contributed by atoms with Crippen LogP contribution >= 0.6 is 11.6 Å². The molecule has 10 heteroatoms. The molecule has 148 valence electrons. The summed E-state index contributed by atoms with van der Waals surface area (Å²) in [5.41, 5.74) is 7.13. The normalized spacial score (nSPS) is 11.6. The molecule has 0 spiro atoms. The Bertz CT molecular complexity index is 1490. The zero-order valence-electron chi connectivity index (χ0n) is 15.5. The van der Waals surface area contributed by atoms with Crippen molar-refractivity contribution in [3.63, 3.8) is 0 Å². The number of nitro groups is 1. The number of halogens is 1. The summed E-state index contributed by atoms with van der Waals surface area (Å²) in [6, 6.07) is 13.3. The molecule has 0 aliphatic heterocycles. The smallest absolute Gasteiger partial charge is 0.294 e. The molecule has 4 rings (SSSR count). The molecule has 0 saturated carbocycles. The number of fused-ring (bicyclic) bond motifs is 3. The van der Waals surface area contributed by atoms with Crippen LogP contribution in [0.1, 0.15) is 11.1 Å². The predicted octanol–water partition coefficient (Wildman–Crippen LogP) is 2.66. The molecule has 0 aliphatic rings. The molecule has 0 unspecified atom stereocenters. The predicted molar refractivity (Wildman–Crippen MR) is 113 cm³/mol. The average Bonchev–Trinajstić information content (AvgIpc) is 3.10. The first-order valence-corrected chi connectivity index (χ1v) is 9.09. The van der Waals surface area contributed by atoms with Gasteiger partial charge in [0, 0.05) is 17.3 Å². The highest BCUT2D eigenvalue weighted by Gasteiger charge is 2.16. The maximum atomic E-state index is 13.1. The number of benzene rings is 2. The van der Waals surface area contributed by atoms with Crippen LogP contribution in [0.25, 0.3) is 22.9 Å². The van der Waals surface area contributed by atoms with Crippen LogP contribution in [-0.2, 0) is 0 Å². The van der Waals surface area contributed by atoms with Crippen molar-refractivity contribution in [2.75, 3.05) is 5.43 Å². The van der Waals surface area contributed by atoms with E-state index in [-0.39, 0.29) is 33.4 Å². The van der Waals surface area contributed by atoms with Crippen molar-refractivity contribution in [2.24, 2.45) is 0 Å². The van der Waals surface area contributed by atoms with Gasteiger partial charge in [0.15, 0.2) is 5.65 Å². The molecule has 0 atom stereocenters. The molecule has 0 aliphatic carbocycles. The van der Waals surface area contributed by atoms with Gasteiger partial charge >= 0.3 is 0 Å². The highest BCUT2D eigenvalue weighted by molar-refractivity contribution is 6.31. The Morgan fingerprint density at radius 3 is 2.80 bits per heavy atom. The van der Waals surface area contributed by atoms with E-state index in [1.807, 2.05) is 0 Å². The lowest BCUT2D eigenvalue weighted by Gasteiger charge is -2.08. The van der Waals surface area contributed by atoms with Gasteiger partial charge in [0.1, 0.15) is 11.8 Å². The van der Waals surface area contributed by atoms with Crippen LogP contribution in [0.2, 0.25) is 5.02 Å². The van der Waals surface area contributed by atoms with Crippen molar-refractivity contribution in [1.82, 2.24) is 14.8 Å². The second-order valence-electron chi connectivity index (χ2n) is 6.42. The van der Waals surface area contributed by atoms with Crippen molar-refractivity contribution >= 4 is 45.9 Å². The highest BCUT2D eigenvalue weighted by atomic mass is 35.5. The van der Waals surface area contributed by atoms with Gasteiger partial charge in [0.2, 0.25) is 0 Å². The van der Waals surface area contributed by atoms with Gasteiger partial charge < -0.3 is 5.43 Å². The molecule has 2 aromatic carbocycles. The van der Waals surface area contributed by atoms with Gasteiger partial charge in [-0.15, -0.1) is 0 Å². The van der Waals surface area contributed by atoms with E-state index in [4.69, 9.17) is 11.6 Å². The molecular formula is C20H13ClN6O3. The van der Waals surface area contributed by atoms with Gasteiger partial charge in [0.05, 0.1) is 26.7 Å². The molecule has 0 amide bonds. The number of nitrogens with zero attached hydrogens (tertiary/aromatic N) is 4. The van der Waals surface area contributed by atoms with Crippen molar-refractivity contribution in [2.45, 2.75) is 6.92 Å². The van der Waals surface area contributed by atoms with Crippen LogP contribution in [0.4, 0.5) is 11.4 Å². The highest BCUT2D eigenvalue weighted by Crippen LogP contribution is 2.26. The van der Waals surface area contributed by atoms with E-state index >= 15 is 0 Å². The van der Waals surface area contributed by atoms with Crippen LogP contribution in [0.15, 0.2) is 47.3 Å². The number of hydrogen-bond donors (Lipinski definition) is 2. The van der Waals surface area contributed by atoms with E-state index in [0.717, 1.165) is 0 Å². The maximum absolute atomic E-state index is 13.1. The molecular weight excluding hydrogens is 408 g/mol. The third-order valence-corrected chi connectivity index (χ3v) is 4.92. The zero-order valence-corrected chi connectivity index (χ0v) is 16.3. The molecule has 2 N–H and O–H groups in total. The molecule has 30 heavy (non-hydrogen) atoms. The first-order chi connectivity index (χ1) is 14.4. The molecule has 2 aromatic heterocycles. The standard InChI is InChI=1S/C20H13ClN6O3/c1-11-13(9-22)19-24-15-4-2-3-5-17(15)26(19)20(28)14(11)10-23-25-16-8-12(21)6-7-18(16)27(29)30/h2-8,10,23,25H,1H3/b14-10+. The molecule has 0 radical (unpaired) electrons. The Morgan fingerprint density at radius 1 is 1.30 bits per heavy atom. The molecule has 9 nitrogen and oxygen atoms in total. The first kappa shape index (κ1) is 19.2. The second kappa shape index (κ2) is 7.35. The zero-order chi connectivity index (χ0) is 21.4. The van der Waals surface area contributed by atoms with E-state index in [9.17, 15) is 20.2 Å². The summed E-state index contributed by atoms with van der Waals surface area (Å²) in [6.45, 7) is 1.65. The van der Waals surface area contributed by atoms with Crippen LogP contribution in [0, 0.1) is 28.4 Å². The van der Waals surface area contributed by atoms with Crippen LogP contribution in [0.3, 0.4) is 0 Å². The summed E-state index contributed by atoms with van der Waals surface area (Å²) in [6.07, 6.45) is 1.36. The van der Waals surface area contributed by atoms with Gasteiger partial charge in [-0.25, -0.2) is 4.98 Å². The number of aromatic nitrogens is 2. The fraction of sp³-hybridized carbons (Fsp3) is 0.0500. The lowest BCUT2D eigenvalue weighted by Crippen LogP contribution is -2.36. The average molecular weight is 421 g/mol. The number of hydrazine groups is 1. The number of nitriles is 1. The van der Waals surface area contributed by atoms with E-state index in [2.05, 4.69) is 21.9 Å². The minimum Gasteiger partial charge on any atom is -0.307 e.